The van der Waals surface area contributed by atoms with Gasteiger partial charge in [-0.3, -0.25) is 0 Å². The van der Waals surface area contributed by atoms with Crippen molar-refractivity contribution in [1.29, 1.82) is 0 Å². The highest BCUT2D eigenvalue weighted by Gasteiger charge is 2.20. The summed E-state index contributed by atoms with van der Waals surface area (Å²) in [6, 6.07) is 2.62. The van der Waals surface area contributed by atoms with E-state index < -0.39 is 21.1 Å². The van der Waals surface area contributed by atoms with E-state index in [0.29, 0.717) is 0 Å². The van der Waals surface area contributed by atoms with Crippen LogP contribution in [0.3, 0.4) is 0 Å². The smallest absolute Gasteiger partial charge is 0.339 e. The second kappa shape index (κ2) is 7.00. The third-order valence-corrected chi connectivity index (χ3v) is 5.19. The van der Waals surface area contributed by atoms with Crippen LogP contribution in [0.15, 0.2) is 12.1 Å². The number of sulfone groups is 1. The van der Waals surface area contributed by atoms with Crippen molar-refractivity contribution in [2.45, 2.75) is 19.1 Å². The van der Waals surface area contributed by atoms with E-state index in [1.54, 1.807) is 13.8 Å². The molecule has 0 aromatic heterocycles. The van der Waals surface area contributed by atoms with E-state index in [4.69, 9.17) is 26.2 Å². The zero-order valence-corrected chi connectivity index (χ0v) is 13.5. The number of aromatic carboxylic acids is 1. The molecule has 8 heteroatoms. The number of carboxylic acids is 1. The Morgan fingerprint density at radius 3 is 2.48 bits per heavy atom. The highest BCUT2D eigenvalue weighted by molar-refractivity contribution is 7.91. The first-order chi connectivity index (χ1) is 9.69. The van der Waals surface area contributed by atoms with Crippen LogP contribution in [0.2, 0.25) is 5.02 Å². The van der Waals surface area contributed by atoms with Gasteiger partial charge in [-0.05, 0) is 19.9 Å². The third kappa shape index (κ3) is 4.50. The fourth-order valence-corrected chi connectivity index (χ4v) is 2.52. The van der Waals surface area contributed by atoms with Crippen LogP contribution in [0, 0.1) is 0 Å². The monoisotopic (exact) mass is 336 g/mol. The van der Waals surface area contributed by atoms with Gasteiger partial charge in [-0.1, -0.05) is 11.6 Å². The van der Waals surface area contributed by atoms with Crippen molar-refractivity contribution in [3.05, 3.63) is 22.7 Å². The molecule has 118 valence electrons. The zero-order valence-electron chi connectivity index (χ0n) is 11.9. The third-order valence-electron chi connectivity index (χ3n) is 2.80. The number of benzene rings is 1. The van der Waals surface area contributed by atoms with Crippen molar-refractivity contribution in [2.24, 2.45) is 0 Å². The largest absolute Gasteiger partial charge is 0.493 e. The van der Waals surface area contributed by atoms with E-state index in [1.165, 1.54) is 19.2 Å². The van der Waals surface area contributed by atoms with Gasteiger partial charge in [-0.25, -0.2) is 13.2 Å². The molecular weight excluding hydrogens is 320 g/mol. The molecule has 0 spiro atoms. The number of carboxylic acid groups (broad SMARTS) is 1. The average Bonchev–Trinajstić information content (AvgIpc) is 2.39. The molecule has 0 heterocycles. The van der Waals surface area contributed by atoms with Gasteiger partial charge in [0.25, 0.3) is 0 Å². The summed E-state index contributed by atoms with van der Waals surface area (Å²) >= 11 is 5.80. The molecule has 0 bridgehead atoms. The predicted octanol–water partition coefficient (Wildman–Crippen LogP) is 2.25. The van der Waals surface area contributed by atoms with Gasteiger partial charge < -0.3 is 14.6 Å². The van der Waals surface area contributed by atoms with Gasteiger partial charge in [0.05, 0.1) is 18.1 Å². The molecule has 1 aromatic rings. The highest BCUT2D eigenvalue weighted by Crippen LogP contribution is 2.34. The van der Waals surface area contributed by atoms with E-state index in [-0.39, 0.29) is 34.4 Å². The minimum Gasteiger partial charge on any atom is -0.493 e. The van der Waals surface area contributed by atoms with Crippen LogP contribution in [0.25, 0.3) is 0 Å². The standard InChI is InChI=1S/C13H17ClO6S/c1-8(2)21(17,18)5-4-20-12-10(13(15)16)6-9(14)7-11(12)19-3/h6-8H,4-5H2,1-3H3,(H,15,16). The lowest BCUT2D eigenvalue weighted by molar-refractivity contribution is 0.0691. The first kappa shape index (κ1) is 17.6. The fourth-order valence-electron chi connectivity index (χ4n) is 1.52. The molecule has 0 atom stereocenters. The Hall–Kier alpha value is -1.47. The summed E-state index contributed by atoms with van der Waals surface area (Å²) in [6.07, 6.45) is 0. The molecule has 0 amide bonds. The van der Waals surface area contributed by atoms with Crippen LogP contribution >= 0.6 is 11.6 Å². The molecule has 0 unspecified atom stereocenters. The molecule has 6 nitrogen and oxygen atoms in total. The lowest BCUT2D eigenvalue weighted by Crippen LogP contribution is -2.22. The highest BCUT2D eigenvalue weighted by atomic mass is 35.5. The second-order valence-electron chi connectivity index (χ2n) is 4.55. The quantitative estimate of drug-likeness (QED) is 0.821. The Morgan fingerprint density at radius 2 is 2.00 bits per heavy atom. The maximum absolute atomic E-state index is 11.7. The normalized spacial score (nSPS) is 11.5. The lowest BCUT2D eigenvalue weighted by atomic mass is 10.2. The van der Waals surface area contributed by atoms with Crippen molar-refractivity contribution < 1.29 is 27.8 Å². The first-order valence-corrected chi connectivity index (χ1v) is 8.23. The second-order valence-corrected chi connectivity index (χ2v) is 7.67. The van der Waals surface area contributed by atoms with Crippen LogP contribution in [-0.4, -0.2) is 44.2 Å². The molecule has 0 saturated carbocycles. The van der Waals surface area contributed by atoms with Gasteiger partial charge in [0, 0.05) is 11.1 Å². The van der Waals surface area contributed by atoms with Crippen LogP contribution < -0.4 is 9.47 Å². The molecule has 1 aromatic carbocycles. The minimum absolute atomic E-state index is 0.0339. The molecule has 0 aliphatic rings. The summed E-state index contributed by atoms with van der Waals surface area (Å²) in [5.74, 6) is -1.34. The van der Waals surface area contributed by atoms with E-state index in [9.17, 15) is 13.2 Å². The molecule has 0 fully saturated rings. The number of methoxy groups -OCH3 is 1. The molecule has 1 rings (SSSR count). The van der Waals surface area contributed by atoms with Gasteiger partial charge >= 0.3 is 5.97 Å². The molecule has 1 N–H and O–H groups in total. The van der Waals surface area contributed by atoms with E-state index in [1.807, 2.05) is 0 Å². The van der Waals surface area contributed by atoms with E-state index >= 15 is 0 Å². The Morgan fingerprint density at radius 1 is 1.38 bits per heavy atom. The van der Waals surface area contributed by atoms with Crippen molar-refractivity contribution in [3.8, 4) is 11.5 Å². The Balaban J connectivity index is 3.00. The molecular formula is C13H17ClO6S. The van der Waals surface area contributed by atoms with Gasteiger partial charge in [-0.2, -0.15) is 0 Å². The Kier molecular flexibility index (Phi) is 5.86. The molecule has 0 aliphatic heterocycles. The Bertz CT molecular complexity index is 624. The summed E-state index contributed by atoms with van der Waals surface area (Å²) < 4.78 is 33.7. The predicted molar refractivity (Wildman–Crippen MR) is 79.4 cm³/mol. The van der Waals surface area contributed by atoms with Crippen LogP contribution in [0.1, 0.15) is 24.2 Å². The molecule has 0 radical (unpaired) electrons. The number of ether oxygens (including phenoxy) is 2. The summed E-state index contributed by atoms with van der Waals surface area (Å²) in [4.78, 5) is 11.2. The molecule has 0 aliphatic carbocycles. The van der Waals surface area contributed by atoms with Crippen molar-refractivity contribution in [3.63, 3.8) is 0 Å². The SMILES string of the molecule is COc1cc(Cl)cc(C(=O)O)c1OCCS(=O)(=O)C(C)C. The van der Waals surface area contributed by atoms with Crippen molar-refractivity contribution in [1.82, 2.24) is 0 Å². The minimum atomic E-state index is -3.27. The summed E-state index contributed by atoms with van der Waals surface area (Å²) in [7, 11) is -1.93. The van der Waals surface area contributed by atoms with Gasteiger partial charge in [0.2, 0.25) is 0 Å². The number of hydrogen-bond acceptors (Lipinski definition) is 5. The van der Waals surface area contributed by atoms with Gasteiger partial charge in [0.15, 0.2) is 21.3 Å². The van der Waals surface area contributed by atoms with Crippen LogP contribution in [0.4, 0.5) is 0 Å². The lowest BCUT2D eigenvalue weighted by Gasteiger charge is -2.14. The van der Waals surface area contributed by atoms with Crippen molar-refractivity contribution >= 4 is 27.4 Å². The number of halogens is 1. The summed E-state index contributed by atoms with van der Waals surface area (Å²) in [5.41, 5.74) is -0.179. The summed E-state index contributed by atoms with van der Waals surface area (Å²) in [6.45, 7) is 2.97. The van der Waals surface area contributed by atoms with Crippen molar-refractivity contribution in [2.75, 3.05) is 19.5 Å². The maximum atomic E-state index is 11.7. The van der Waals surface area contributed by atoms with Gasteiger partial charge in [0.1, 0.15) is 12.2 Å². The Labute approximate surface area is 128 Å². The van der Waals surface area contributed by atoms with Crippen LogP contribution in [0.5, 0.6) is 11.5 Å². The number of carbonyl (C=O) groups is 1. The average molecular weight is 337 g/mol. The number of hydrogen-bond donors (Lipinski definition) is 1. The molecule has 0 saturated heterocycles. The topological polar surface area (TPSA) is 89.9 Å². The summed E-state index contributed by atoms with van der Waals surface area (Å²) in [5, 5.41) is 8.81. The zero-order chi connectivity index (χ0) is 16.2. The maximum Gasteiger partial charge on any atom is 0.339 e. The number of rotatable bonds is 7. The fraction of sp³-hybridized carbons (Fsp3) is 0.462. The van der Waals surface area contributed by atoms with Crippen LogP contribution in [-0.2, 0) is 9.84 Å². The van der Waals surface area contributed by atoms with E-state index in [2.05, 4.69) is 0 Å². The van der Waals surface area contributed by atoms with E-state index in [0.717, 1.165) is 0 Å². The first-order valence-electron chi connectivity index (χ1n) is 6.14. The van der Waals surface area contributed by atoms with Gasteiger partial charge in [-0.15, -0.1) is 0 Å². The molecule has 21 heavy (non-hydrogen) atoms.